The van der Waals surface area contributed by atoms with Gasteiger partial charge in [-0.2, -0.15) is 8.42 Å². The summed E-state index contributed by atoms with van der Waals surface area (Å²) in [4.78, 5) is 12.5. The number of amides is 1. The Morgan fingerprint density at radius 3 is 1.14 bits per heavy atom. The van der Waals surface area contributed by atoms with Gasteiger partial charge in [0.1, 0.15) is 0 Å². The normalized spacial score (nSPS) is 13.3. The molecule has 0 radical (unpaired) electrons. The van der Waals surface area contributed by atoms with Crippen LogP contribution in [0.3, 0.4) is 0 Å². The van der Waals surface area contributed by atoms with E-state index in [2.05, 4.69) is 19.2 Å². The van der Waals surface area contributed by atoms with Crippen LogP contribution in [-0.2, 0) is 14.9 Å². The molecule has 0 aromatic rings. The molecule has 0 aliphatic carbocycles. The number of hydrogen-bond donors (Lipinski definition) is 3. The van der Waals surface area contributed by atoms with Gasteiger partial charge >= 0.3 is 0 Å². The maximum Gasteiger partial charge on any atom is 0.266 e. The van der Waals surface area contributed by atoms with E-state index < -0.39 is 28.0 Å². The molecule has 3 N–H and O–H groups in total. The highest BCUT2D eigenvalue weighted by Crippen LogP contribution is 2.16. The maximum atomic E-state index is 12.5. The summed E-state index contributed by atoms with van der Waals surface area (Å²) in [7, 11) is -4.30. The molecule has 0 aliphatic heterocycles. The van der Waals surface area contributed by atoms with Crippen LogP contribution >= 0.6 is 0 Å². The summed E-state index contributed by atoms with van der Waals surface area (Å²) in [6.45, 7) is 4.51. The first-order valence-electron chi connectivity index (χ1n) is 19.2. The third kappa shape index (κ3) is 32.7. The molecular weight excluding hydrogens is 570 g/mol. The first-order chi connectivity index (χ1) is 21.3. The molecule has 0 bridgehead atoms. The quantitative estimate of drug-likeness (QED) is 0.0470. The van der Waals surface area contributed by atoms with Crippen molar-refractivity contribution in [3.05, 3.63) is 0 Å². The number of unbranched alkanes of at least 4 members (excludes halogenated alkanes) is 27. The summed E-state index contributed by atoms with van der Waals surface area (Å²) in [5.74, 6) is -0.884. The maximum absolute atomic E-state index is 12.5. The molecule has 7 heteroatoms. The number of rotatable bonds is 35. The molecule has 0 saturated carbocycles. The van der Waals surface area contributed by atoms with E-state index in [4.69, 9.17) is 0 Å². The zero-order chi connectivity index (χ0) is 32.6. The van der Waals surface area contributed by atoms with Crippen molar-refractivity contribution in [2.45, 2.75) is 225 Å². The van der Waals surface area contributed by atoms with Gasteiger partial charge in [0.2, 0.25) is 5.91 Å². The Balaban J connectivity index is 3.81. The van der Waals surface area contributed by atoms with Gasteiger partial charge in [-0.1, -0.05) is 194 Å². The molecule has 264 valence electrons. The van der Waals surface area contributed by atoms with Gasteiger partial charge in [-0.25, -0.2) is 0 Å². The van der Waals surface area contributed by atoms with Crippen LogP contribution in [0.1, 0.15) is 213 Å². The minimum absolute atomic E-state index is 0.242. The Hall–Kier alpha value is -0.660. The number of hydrogen-bond acceptors (Lipinski definition) is 4. The zero-order valence-electron chi connectivity index (χ0n) is 29.3. The zero-order valence-corrected chi connectivity index (χ0v) is 30.1. The predicted octanol–water partition coefficient (Wildman–Crippen LogP) is 10.9. The van der Waals surface area contributed by atoms with Crippen molar-refractivity contribution in [3.63, 3.8) is 0 Å². The molecule has 44 heavy (non-hydrogen) atoms. The highest BCUT2D eigenvalue weighted by Gasteiger charge is 2.26. The first-order valence-corrected chi connectivity index (χ1v) is 20.8. The Labute approximate surface area is 274 Å². The highest BCUT2D eigenvalue weighted by molar-refractivity contribution is 7.85. The van der Waals surface area contributed by atoms with Crippen LogP contribution in [0.4, 0.5) is 0 Å². The van der Waals surface area contributed by atoms with Crippen molar-refractivity contribution in [3.8, 4) is 0 Å². The van der Waals surface area contributed by atoms with Crippen LogP contribution in [0.5, 0.6) is 0 Å². The number of carbonyl (C=O) groups excluding carboxylic acids is 1. The minimum atomic E-state index is -4.30. The molecule has 2 unspecified atom stereocenters. The van der Waals surface area contributed by atoms with E-state index in [1.807, 2.05) is 0 Å². The minimum Gasteiger partial charge on any atom is -0.391 e. The van der Waals surface area contributed by atoms with Crippen LogP contribution in [0.15, 0.2) is 0 Å². The molecule has 0 aromatic carbocycles. The van der Waals surface area contributed by atoms with E-state index >= 15 is 0 Å². The van der Waals surface area contributed by atoms with Crippen LogP contribution < -0.4 is 5.32 Å². The lowest BCUT2D eigenvalue weighted by Gasteiger charge is -2.23. The lowest BCUT2D eigenvalue weighted by atomic mass is 10.0. The Kier molecular flexibility index (Phi) is 31.8. The van der Waals surface area contributed by atoms with Crippen molar-refractivity contribution < 1.29 is 22.9 Å². The number of carbonyl (C=O) groups is 1. The van der Waals surface area contributed by atoms with E-state index in [0.717, 1.165) is 38.5 Å². The van der Waals surface area contributed by atoms with Crippen molar-refractivity contribution in [2.24, 2.45) is 0 Å². The average Bonchev–Trinajstić information content (AvgIpc) is 2.98. The lowest BCUT2D eigenvalue weighted by Crippen LogP contribution is -2.47. The second-order valence-corrected chi connectivity index (χ2v) is 15.1. The van der Waals surface area contributed by atoms with Crippen LogP contribution in [0.2, 0.25) is 0 Å². The summed E-state index contributed by atoms with van der Waals surface area (Å²) in [6, 6.07) is -0.962. The van der Waals surface area contributed by atoms with Crippen molar-refractivity contribution in [1.82, 2.24) is 5.32 Å². The molecule has 0 aromatic heterocycles. The van der Waals surface area contributed by atoms with E-state index in [-0.39, 0.29) is 5.91 Å². The highest BCUT2D eigenvalue weighted by atomic mass is 32.2. The molecule has 0 fully saturated rings. The Morgan fingerprint density at radius 2 is 0.818 bits per heavy atom. The molecule has 0 rings (SSSR count). The molecular formula is C37H75NO5S. The fraction of sp³-hybridized carbons (Fsp3) is 0.973. The molecule has 0 heterocycles. The SMILES string of the molecule is CCCCCCCCCCCCCCCCCCCCC(=O)NC(CS(=O)(=O)O)C(O)CCCCCCCCCCCCC. The van der Waals surface area contributed by atoms with E-state index in [9.17, 15) is 22.9 Å². The number of aliphatic hydroxyl groups is 1. The first kappa shape index (κ1) is 43.3. The summed E-state index contributed by atoms with van der Waals surface area (Å²) < 4.78 is 32.4. The third-order valence-corrected chi connectivity index (χ3v) is 9.84. The topological polar surface area (TPSA) is 104 Å². The predicted molar refractivity (Wildman–Crippen MR) is 189 cm³/mol. The monoisotopic (exact) mass is 646 g/mol. The number of aliphatic hydroxyl groups excluding tert-OH is 1. The van der Waals surface area contributed by atoms with Crippen LogP contribution in [-0.4, -0.2) is 41.9 Å². The van der Waals surface area contributed by atoms with Gasteiger partial charge in [-0.3, -0.25) is 9.35 Å². The Bertz CT molecular complexity index is 715. The largest absolute Gasteiger partial charge is 0.391 e. The molecule has 0 saturated heterocycles. The Morgan fingerprint density at radius 1 is 0.523 bits per heavy atom. The van der Waals surface area contributed by atoms with Crippen LogP contribution in [0, 0.1) is 0 Å². The third-order valence-electron chi connectivity index (χ3n) is 9.06. The standard InChI is InChI=1S/C37H75NO5S/c1-3-5-7-9-11-13-15-16-17-18-19-20-21-23-25-27-29-31-33-37(40)38-35(34-44(41,42)43)36(39)32-30-28-26-24-22-14-12-10-8-6-4-2/h35-36,39H,3-34H2,1-2H3,(H,38,40)(H,41,42,43). The summed E-state index contributed by atoms with van der Waals surface area (Å²) in [6.07, 6.45) is 36.2. The summed E-state index contributed by atoms with van der Waals surface area (Å²) in [5.41, 5.74) is 0. The second-order valence-electron chi connectivity index (χ2n) is 13.6. The van der Waals surface area contributed by atoms with Crippen molar-refractivity contribution in [1.29, 1.82) is 0 Å². The van der Waals surface area contributed by atoms with Gasteiger partial charge in [0.15, 0.2) is 0 Å². The average molecular weight is 646 g/mol. The van der Waals surface area contributed by atoms with Crippen molar-refractivity contribution in [2.75, 3.05) is 5.75 Å². The van der Waals surface area contributed by atoms with E-state index in [1.54, 1.807) is 0 Å². The van der Waals surface area contributed by atoms with Gasteiger partial charge in [0.25, 0.3) is 10.1 Å². The second kappa shape index (κ2) is 32.3. The summed E-state index contributed by atoms with van der Waals surface area (Å²) in [5, 5.41) is 13.3. The van der Waals surface area contributed by atoms with Gasteiger partial charge in [0, 0.05) is 6.42 Å². The fourth-order valence-corrected chi connectivity index (χ4v) is 6.92. The van der Waals surface area contributed by atoms with Gasteiger partial charge in [0.05, 0.1) is 17.9 Å². The van der Waals surface area contributed by atoms with Gasteiger partial charge in [-0.15, -0.1) is 0 Å². The van der Waals surface area contributed by atoms with Crippen molar-refractivity contribution >= 4 is 16.0 Å². The van der Waals surface area contributed by atoms with Crippen LogP contribution in [0.25, 0.3) is 0 Å². The molecule has 0 aliphatic rings. The lowest BCUT2D eigenvalue weighted by molar-refractivity contribution is -0.122. The van der Waals surface area contributed by atoms with Gasteiger partial charge < -0.3 is 10.4 Å². The summed E-state index contributed by atoms with van der Waals surface area (Å²) >= 11 is 0. The fourth-order valence-electron chi connectivity index (χ4n) is 6.16. The molecule has 1 amide bonds. The molecule has 6 nitrogen and oxygen atoms in total. The molecule has 0 spiro atoms. The smallest absolute Gasteiger partial charge is 0.266 e. The molecule has 2 atom stereocenters. The van der Waals surface area contributed by atoms with E-state index in [0.29, 0.717) is 12.8 Å². The number of nitrogens with one attached hydrogen (secondary N) is 1. The van der Waals surface area contributed by atoms with Gasteiger partial charge in [-0.05, 0) is 12.8 Å². The van der Waals surface area contributed by atoms with E-state index in [1.165, 1.54) is 148 Å².